The average Bonchev–Trinajstić information content (AvgIpc) is 2.55. The van der Waals surface area contributed by atoms with Crippen LogP contribution in [0.3, 0.4) is 0 Å². The van der Waals surface area contributed by atoms with Crippen molar-refractivity contribution in [2.24, 2.45) is 5.92 Å². The largest absolute Gasteiger partial charge is 0.408 e. The normalized spacial score (nSPS) is 22.6. The second kappa shape index (κ2) is 7.65. The number of hydrogen-bond acceptors (Lipinski definition) is 3. The molecule has 8 heteroatoms. The minimum atomic E-state index is -4.49. The fourth-order valence-electron chi connectivity index (χ4n) is 2.63. The summed E-state index contributed by atoms with van der Waals surface area (Å²) in [6.45, 7) is 0.131. The highest BCUT2D eigenvalue weighted by Gasteiger charge is 2.45. The number of hydrogen-bond donors (Lipinski definition) is 2. The summed E-state index contributed by atoms with van der Waals surface area (Å²) in [5.41, 5.74) is 0.852. The Morgan fingerprint density at radius 2 is 2.00 bits per heavy atom. The lowest BCUT2D eigenvalue weighted by atomic mass is 9.92. The highest BCUT2D eigenvalue weighted by atomic mass is 19.4. The van der Waals surface area contributed by atoms with Crippen LogP contribution in [-0.4, -0.2) is 37.7 Å². The summed E-state index contributed by atoms with van der Waals surface area (Å²) in [5.74, 6) is -2.60. The zero-order valence-electron chi connectivity index (χ0n) is 13.1. The molecule has 0 radical (unpaired) electrons. The molecule has 1 saturated heterocycles. The lowest BCUT2D eigenvalue weighted by Gasteiger charge is -2.30. The van der Waals surface area contributed by atoms with Gasteiger partial charge in [0.05, 0.1) is 6.10 Å². The Morgan fingerprint density at radius 1 is 1.33 bits per heavy atom. The Kier molecular flexibility index (Phi) is 5.82. The number of carbonyl (C=O) groups is 2. The smallest absolute Gasteiger partial charge is 0.375 e. The highest BCUT2D eigenvalue weighted by molar-refractivity contribution is 6.00. The molecule has 2 amide bonds. The summed E-state index contributed by atoms with van der Waals surface area (Å²) in [5, 5.41) is 4.44. The second-order valence-corrected chi connectivity index (χ2v) is 5.61. The van der Waals surface area contributed by atoms with Crippen molar-refractivity contribution in [2.45, 2.75) is 31.2 Å². The van der Waals surface area contributed by atoms with Gasteiger partial charge in [-0.3, -0.25) is 9.59 Å². The van der Waals surface area contributed by atoms with Crippen LogP contribution in [0.25, 0.3) is 0 Å². The van der Waals surface area contributed by atoms with Crippen molar-refractivity contribution in [1.82, 2.24) is 10.6 Å². The van der Waals surface area contributed by atoms with Crippen LogP contribution in [0, 0.1) is 5.92 Å². The first-order valence-electron chi connectivity index (χ1n) is 7.55. The van der Waals surface area contributed by atoms with Crippen molar-refractivity contribution in [3.05, 3.63) is 35.9 Å². The van der Waals surface area contributed by atoms with Crippen molar-refractivity contribution in [3.63, 3.8) is 0 Å². The summed E-state index contributed by atoms with van der Waals surface area (Å²) in [7, 11) is 1.49. The molecule has 1 heterocycles. The molecule has 2 rings (SSSR count). The number of methoxy groups -OCH3 is 1. The van der Waals surface area contributed by atoms with E-state index >= 15 is 0 Å². The molecule has 2 N–H and O–H groups in total. The van der Waals surface area contributed by atoms with Crippen molar-refractivity contribution >= 4 is 11.8 Å². The predicted molar refractivity (Wildman–Crippen MR) is 79.9 cm³/mol. The van der Waals surface area contributed by atoms with E-state index < -0.39 is 36.1 Å². The van der Waals surface area contributed by atoms with Gasteiger partial charge in [0, 0.05) is 13.7 Å². The number of ether oxygens (including phenoxy) is 1. The second-order valence-electron chi connectivity index (χ2n) is 5.61. The van der Waals surface area contributed by atoms with Crippen molar-refractivity contribution in [3.8, 4) is 0 Å². The Morgan fingerprint density at radius 3 is 2.54 bits per heavy atom. The van der Waals surface area contributed by atoms with Crippen LogP contribution < -0.4 is 10.6 Å². The molecule has 1 aromatic carbocycles. The van der Waals surface area contributed by atoms with Crippen LogP contribution in [0.15, 0.2) is 30.3 Å². The summed E-state index contributed by atoms with van der Waals surface area (Å²) in [4.78, 5) is 23.9. The number of piperidine rings is 1. The maximum absolute atomic E-state index is 12.6. The minimum absolute atomic E-state index is 0.131. The molecular formula is C16H19F3N2O3. The summed E-state index contributed by atoms with van der Waals surface area (Å²) >= 11 is 0. The number of benzene rings is 1. The molecule has 132 valence electrons. The van der Waals surface area contributed by atoms with Crippen LogP contribution in [0.1, 0.15) is 24.5 Å². The maximum atomic E-state index is 12.6. The predicted octanol–water partition coefficient (Wildman–Crippen LogP) is 1.95. The van der Waals surface area contributed by atoms with E-state index in [1.165, 1.54) is 7.11 Å². The van der Waals surface area contributed by atoms with Crippen molar-refractivity contribution in [1.29, 1.82) is 0 Å². The van der Waals surface area contributed by atoms with E-state index in [0.717, 1.165) is 5.56 Å². The van der Waals surface area contributed by atoms with E-state index in [4.69, 9.17) is 4.74 Å². The molecule has 0 aromatic heterocycles. The van der Waals surface area contributed by atoms with Gasteiger partial charge >= 0.3 is 6.18 Å². The molecule has 1 aliphatic heterocycles. The van der Waals surface area contributed by atoms with E-state index in [0.29, 0.717) is 0 Å². The highest BCUT2D eigenvalue weighted by Crippen LogP contribution is 2.28. The summed E-state index contributed by atoms with van der Waals surface area (Å²) < 4.78 is 43.1. The van der Waals surface area contributed by atoms with Crippen LogP contribution in [-0.2, 0) is 14.3 Å². The van der Waals surface area contributed by atoms with Gasteiger partial charge in [-0.2, -0.15) is 13.2 Å². The summed E-state index contributed by atoms with van der Waals surface area (Å²) in [6.07, 6.45) is -5.33. The quantitative estimate of drug-likeness (QED) is 0.803. The Hall–Kier alpha value is -2.09. The van der Waals surface area contributed by atoms with Crippen molar-refractivity contribution < 1.29 is 27.5 Å². The maximum Gasteiger partial charge on any atom is 0.408 e. The van der Waals surface area contributed by atoms with Gasteiger partial charge in [0.15, 0.2) is 0 Å². The molecule has 0 unspecified atom stereocenters. The standard InChI is InChI=1S/C16H19F3N2O3/c1-24-12(10-5-3-2-4-6-10)9-20-14(22)11-7-8-13(16(17,18)19)21-15(11)23/h2-6,11-13H,7-9H2,1H3,(H,20,22)(H,21,23)/t11-,12-,13+/m1/s1. The van der Waals surface area contributed by atoms with Crippen LogP contribution in [0.2, 0.25) is 0 Å². The average molecular weight is 344 g/mol. The fourth-order valence-corrected chi connectivity index (χ4v) is 2.63. The minimum Gasteiger partial charge on any atom is -0.375 e. The number of rotatable bonds is 5. The van der Waals surface area contributed by atoms with E-state index in [1.807, 2.05) is 35.6 Å². The Labute approximate surface area is 137 Å². The SMILES string of the molecule is CO[C@H](CNC(=O)[C@H]1CC[C@@H](C(F)(F)F)NC1=O)c1ccccc1. The molecule has 3 atom stereocenters. The molecule has 24 heavy (non-hydrogen) atoms. The van der Waals surface area contributed by atoms with Gasteiger partial charge in [-0.25, -0.2) is 0 Å². The number of alkyl halides is 3. The third-order valence-electron chi connectivity index (χ3n) is 4.01. The Bertz CT molecular complexity index is 578. The number of nitrogens with one attached hydrogen (secondary N) is 2. The molecule has 0 bridgehead atoms. The lowest BCUT2D eigenvalue weighted by molar-refractivity contribution is -0.171. The number of amides is 2. The third-order valence-corrected chi connectivity index (χ3v) is 4.01. The third kappa shape index (κ3) is 4.47. The summed E-state index contributed by atoms with van der Waals surface area (Å²) in [6, 6.07) is 7.29. The molecule has 5 nitrogen and oxygen atoms in total. The molecule has 1 aromatic rings. The zero-order chi connectivity index (χ0) is 17.7. The monoisotopic (exact) mass is 344 g/mol. The zero-order valence-corrected chi connectivity index (χ0v) is 13.1. The van der Waals surface area contributed by atoms with E-state index in [9.17, 15) is 22.8 Å². The molecule has 1 aliphatic rings. The fraction of sp³-hybridized carbons (Fsp3) is 0.500. The van der Waals surface area contributed by atoms with Gasteiger partial charge in [0.25, 0.3) is 0 Å². The van der Waals surface area contributed by atoms with Crippen LogP contribution in [0.5, 0.6) is 0 Å². The van der Waals surface area contributed by atoms with Gasteiger partial charge in [0.2, 0.25) is 11.8 Å². The molecule has 0 aliphatic carbocycles. The molecular weight excluding hydrogens is 325 g/mol. The first kappa shape index (κ1) is 18.3. The molecule has 0 spiro atoms. The van der Waals surface area contributed by atoms with E-state index in [1.54, 1.807) is 0 Å². The number of carbonyl (C=O) groups excluding carboxylic acids is 2. The molecule has 1 fully saturated rings. The first-order valence-corrected chi connectivity index (χ1v) is 7.55. The van der Waals surface area contributed by atoms with Gasteiger partial charge in [-0.05, 0) is 18.4 Å². The van der Waals surface area contributed by atoms with Gasteiger partial charge in [-0.1, -0.05) is 30.3 Å². The molecule has 0 saturated carbocycles. The lowest BCUT2D eigenvalue weighted by Crippen LogP contribution is -2.54. The topological polar surface area (TPSA) is 67.4 Å². The first-order chi connectivity index (χ1) is 11.3. The van der Waals surface area contributed by atoms with Gasteiger partial charge < -0.3 is 15.4 Å². The van der Waals surface area contributed by atoms with Crippen LogP contribution >= 0.6 is 0 Å². The van der Waals surface area contributed by atoms with Gasteiger partial charge in [0.1, 0.15) is 12.0 Å². The van der Waals surface area contributed by atoms with E-state index in [-0.39, 0.29) is 19.4 Å². The number of halogens is 3. The van der Waals surface area contributed by atoms with Gasteiger partial charge in [-0.15, -0.1) is 0 Å². The Balaban J connectivity index is 1.90. The van der Waals surface area contributed by atoms with E-state index in [2.05, 4.69) is 5.32 Å². The van der Waals surface area contributed by atoms with Crippen molar-refractivity contribution in [2.75, 3.05) is 13.7 Å². The van der Waals surface area contributed by atoms with Crippen LogP contribution in [0.4, 0.5) is 13.2 Å².